The molecule has 1 aromatic rings. The Morgan fingerprint density at radius 1 is 1.37 bits per heavy atom. The molecular formula is C14H20FNO3. The van der Waals surface area contributed by atoms with Crippen molar-refractivity contribution < 1.29 is 18.7 Å². The Labute approximate surface area is 112 Å². The van der Waals surface area contributed by atoms with E-state index in [-0.39, 0.29) is 18.5 Å². The van der Waals surface area contributed by atoms with Crippen molar-refractivity contribution in [3.8, 4) is 5.75 Å². The molecule has 0 aliphatic rings. The molecule has 0 heterocycles. The van der Waals surface area contributed by atoms with Gasteiger partial charge in [0.15, 0.2) is 0 Å². The molecule has 0 aromatic heterocycles. The second kappa shape index (κ2) is 6.52. The lowest BCUT2D eigenvalue weighted by atomic mass is 10.0. The smallest absolute Gasteiger partial charge is 0.329 e. The summed E-state index contributed by atoms with van der Waals surface area (Å²) in [5.41, 5.74) is -0.947. The van der Waals surface area contributed by atoms with Gasteiger partial charge in [-0.1, -0.05) is 0 Å². The molecule has 4 nitrogen and oxygen atoms in total. The first-order valence-electron chi connectivity index (χ1n) is 6.12. The second-order valence-electron chi connectivity index (χ2n) is 4.87. The minimum absolute atomic E-state index is 0.0981. The van der Waals surface area contributed by atoms with Crippen LogP contribution in [0.2, 0.25) is 0 Å². The van der Waals surface area contributed by atoms with Gasteiger partial charge in [0.1, 0.15) is 23.7 Å². The Morgan fingerprint density at radius 3 is 2.42 bits per heavy atom. The zero-order valence-corrected chi connectivity index (χ0v) is 11.7. The standard InChI is InChI=1S/C14H20FNO3/c1-10(2)16-14(3,13(17)18-4)9-19-12-7-5-11(15)6-8-12/h5-8,10,16H,9H2,1-4H3. The van der Waals surface area contributed by atoms with E-state index in [4.69, 9.17) is 9.47 Å². The van der Waals surface area contributed by atoms with Gasteiger partial charge in [-0.15, -0.1) is 0 Å². The molecule has 5 heteroatoms. The zero-order chi connectivity index (χ0) is 14.5. The highest BCUT2D eigenvalue weighted by Gasteiger charge is 2.35. The average Bonchev–Trinajstić information content (AvgIpc) is 2.36. The third kappa shape index (κ3) is 4.52. The van der Waals surface area contributed by atoms with Crippen molar-refractivity contribution >= 4 is 5.97 Å². The highest BCUT2D eigenvalue weighted by atomic mass is 19.1. The molecule has 106 valence electrons. The van der Waals surface area contributed by atoms with Crippen molar-refractivity contribution in [1.82, 2.24) is 5.32 Å². The molecule has 0 amide bonds. The van der Waals surface area contributed by atoms with Gasteiger partial charge in [-0.2, -0.15) is 0 Å². The lowest BCUT2D eigenvalue weighted by Crippen LogP contribution is -2.56. The number of rotatable bonds is 6. The molecular weight excluding hydrogens is 249 g/mol. The molecule has 0 aliphatic carbocycles. The second-order valence-corrected chi connectivity index (χ2v) is 4.87. The van der Waals surface area contributed by atoms with Crippen LogP contribution < -0.4 is 10.1 Å². The van der Waals surface area contributed by atoms with Gasteiger partial charge in [-0.05, 0) is 45.0 Å². The summed E-state index contributed by atoms with van der Waals surface area (Å²) in [7, 11) is 1.33. The van der Waals surface area contributed by atoms with Crippen LogP contribution in [-0.2, 0) is 9.53 Å². The van der Waals surface area contributed by atoms with Crippen LogP contribution in [0.3, 0.4) is 0 Å². The maximum Gasteiger partial charge on any atom is 0.329 e. The van der Waals surface area contributed by atoms with Crippen LogP contribution in [0.15, 0.2) is 24.3 Å². The number of esters is 1. The molecule has 1 aromatic carbocycles. The summed E-state index contributed by atoms with van der Waals surface area (Å²) in [6.45, 7) is 5.67. The molecule has 0 bridgehead atoms. The summed E-state index contributed by atoms with van der Waals surface area (Å²) in [6, 6.07) is 5.74. The molecule has 1 unspecified atom stereocenters. The predicted octanol–water partition coefficient (Wildman–Crippen LogP) is 2.13. The number of carbonyl (C=O) groups excluding carboxylic acids is 1. The third-order valence-corrected chi connectivity index (χ3v) is 2.58. The van der Waals surface area contributed by atoms with Crippen LogP contribution in [0, 0.1) is 5.82 Å². The summed E-state index contributed by atoms with van der Waals surface area (Å²) < 4.78 is 23.1. The normalized spacial score (nSPS) is 14.0. The molecule has 0 saturated heterocycles. The van der Waals surface area contributed by atoms with E-state index in [1.165, 1.54) is 31.4 Å². The summed E-state index contributed by atoms with van der Waals surface area (Å²) in [6.07, 6.45) is 0. The maximum atomic E-state index is 12.8. The van der Waals surface area contributed by atoms with E-state index in [1.807, 2.05) is 13.8 Å². The Hall–Kier alpha value is -1.62. The van der Waals surface area contributed by atoms with E-state index in [2.05, 4.69) is 5.32 Å². The Morgan fingerprint density at radius 2 is 1.95 bits per heavy atom. The third-order valence-electron chi connectivity index (χ3n) is 2.58. The van der Waals surface area contributed by atoms with Crippen molar-refractivity contribution in [2.24, 2.45) is 0 Å². The monoisotopic (exact) mass is 269 g/mol. The fourth-order valence-corrected chi connectivity index (χ4v) is 1.78. The zero-order valence-electron chi connectivity index (χ0n) is 11.7. The lowest BCUT2D eigenvalue weighted by Gasteiger charge is -2.29. The molecule has 0 saturated carbocycles. The van der Waals surface area contributed by atoms with Crippen LogP contribution in [0.5, 0.6) is 5.75 Å². The first-order chi connectivity index (χ1) is 8.87. The SMILES string of the molecule is COC(=O)C(C)(COc1ccc(F)cc1)NC(C)C. The summed E-state index contributed by atoms with van der Waals surface area (Å²) in [4.78, 5) is 11.8. The number of hydrogen-bond donors (Lipinski definition) is 1. The molecule has 0 radical (unpaired) electrons. The van der Waals surface area contributed by atoms with Crippen LogP contribution in [0.25, 0.3) is 0 Å². The van der Waals surface area contributed by atoms with Gasteiger partial charge in [0.25, 0.3) is 0 Å². The van der Waals surface area contributed by atoms with Crippen molar-refractivity contribution in [2.75, 3.05) is 13.7 Å². The Kier molecular flexibility index (Phi) is 5.30. The lowest BCUT2D eigenvalue weighted by molar-refractivity contribution is -0.149. The van der Waals surface area contributed by atoms with Crippen molar-refractivity contribution in [3.05, 3.63) is 30.1 Å². The fraction of sp³-hybridized carbons (Fsp3) is 0.500. The van der Waals surface area contributed by atoms with Gasteiger partial charge in [0.05, 0.1) is 7.11 Å². The van der Waals surface area contributed by atoms with Crippen LogP contribution >= 0.6 is 0 Å². The highest BCUT2D eigenvalue weighted by molar-refractivity contribution is 5.80. The average molecular weight is 269 g/mol. The van der Waals surface area contributed by atoms with E-state index in [1.54, 1.807) is 6.92 Å². The van der Waals surface area contributed by atoms with Crippen LogP contribution in [0.1, 0.15) is 20.8 Å². The Bertz CT molecular complexity index is 419. The molecule has 1 rings (SSSR count). The molecule has 19 heavy (non-hydrogen) atoms. The largest absolute Gasteiger partial charge is 0.491 e. The van der Waals surface area contributed by atoms with E-state index in [0.717, 1.165) is 0 Å². The van der Waals surface area contributed by atoms with Crippen molar-refractivity contribution in [2.45, 2.75) is 32.4 Å². The van der Waals surface area contributed by atoms with Crippen LogP contribution in [0.4, 0.5) is 4.39 Å². The van der Waals surface area contributed by atoms with Gasteiger partial charge in [0, 0.05) is 6.04 Å². The maximum absolute atomic E-state index is 12.8. The predicted molar refractivity (Wildman–Crippen MR) is 70.6 cm³/mol. The number of nitrogens with one attached hydrogen (secondary N) is 1. The summed E-state index contributed by atoms with van der Waals surface area (Å²) in [5.74, 6) is -0.228. The fourth-order valence-electron chi connectivity index (χ4n) is 1.78. The van der Waals surface area contributed by atoms with Gasteiger partial charge < -0.3 is 9.47 Å². The van der Waals surface area contributed by atoms with Gasteiger partial charge in [0.2, 0.25) is 0 Å². The first-order valence-corrected chi connectivity index (χ1v) is 6.12. The first kappa shape index (κ1) is 15.4. The quantitative estimate of drug-likeness (QED) is 0.804. The topological polar surface area (TPSA) is 47.6 Å². The van der Waals surface area contributed by atoms with E-state index < -0.39 is 11.5 Å². The minimum atomic E-state index is -0.947. The van der Waals surface area contributed by atoms with Crippen molar-refractivity contribution in [1.29, 1.82) is 0 Å². The molecule has 1 atom stereocenters. The number of carbonyl (C=O) groups is 1. The number of hydrogen-bond acceptors (Lipinski definition) is 4. The molecule has 1 N–H and O–H groups in total. The van der Waals surface area contributed by atoms with E-state index >= 15 is 0 Å². The molecule has 0 spiro atoms. The van der Waals surface area contributed by atoms with Gasteiger partial charge >= 0.3 is 5.97 Å². The number of halogens is 1. The highest BCUT2D eigenvalue weighted by Crippen LogP contribution is 2.15. The van der Waals surface area contributed by atoms with Crippen LogP contribution in [-0.4, -0.2) is 31.3 Å². The summed E-state index contributed by atoms with van der Waals surface area (Å²) in [5, 5.41) is 3.11. The minimum Gasteiger partial charge on any atom is -0.491 e. The number of ether oxygens (including phenoxy) is 2. The molecule has 0 fully saturated rings. The number of methoxy groups -OCH3 is 1. The molecule has 0 aliphatic heterocycles. The van der Waals surface area contributed by atoms with E-state index in [0.29, 0.717) is 5.75 Å². The van der Waals surface area contributed by atoms with Gasteiger partial charge in [-0.3, -0.25) is 5.32 Å². The van der Waals surface area contributed by atoms with Crippen molar-refractivity contribution in [3.63, 3.8) is 0 Å². The number of benzene rings is 1. The van der Waals surface area contributed by atoms with E-state index in [9.17, 15) is 9.18 Å². The van der Waals surface area contributed by atoms with Gasteiger partial charge in [-0.25, -0.2) is 9.18 Å². The summed E-state index contributed by atoms with van der Waals surface area (Å²) >= 11 is 0. The Balaban J connectivity index is 2.72.